The average molecular weight is 584 g/mol. The molecule has 0 aliphatic carbocycles. The predicted octanol–water partition coefficient (Wildman–Crippen LogP) is 1.28. The Morgan fingerprint density at radius 3 is 2.17 bits per heavy atom. The number of rotatable bonds is 22. The largest absolute Gasteiger partial charge is 0.491 e. The Labute approximate surface area is 241 Å². The number of carboxylic acids is 1. The van der Waals surface area contributed by atoms with Gasteiger partial charge >= 0.3 is 11.9 Å². The number of amides is 2. The second-order valence-electron chi connectivity index (χ2n) is 9.98. The van der Waals surface area contributed by atoms with E-state index in [4.69, 9.17) is 34.5 Å². The molecule has 13 nitrogen and oxygen atoms in total. The fourth-order valence-corrected chi connectivity index (χ4v) is 3.27. The van der Waals surface area contributed by atoms with E-state index in [-0.39, 0.29) is 26.2 Å². The van der Waals surface area contributed by atoms with E-state index in [0.717, 1.165) is 0 Å². The molecule has 0 aliphatic heterocycles. The Hall–Kier alpha value is -3.26. The summed E-state index contributed by atoms with van der Waals surface area (Å²) < 4.78 is 26.9. The molecule has 0 radical (unpaired) electrons. The highest BCUT2D eigenvalue weighted by atomic mass is 16.6. The highest BCUT2D eigenvalue weighted by molar-refractivity contribution is 5.97. The number of hydrogen-bond acceptors (Lipinski definition) is 10. The van der Waals surface area contributed by atoms with Crippen molar-refractivity contribution in [3.05, 3.63) is 29.8 Å². The van der Waals surface area contributed by atoms with Gasteiger partial charge in [0.05, 0.1) is 52.6 Å². The maximum absolute atomic E-state index is 12.6. The van der Waals surface area contributed by atoms with Gasteiger partial charge in [-0.15, -0.1) is 0 Å². The topological polar surface area (TPSA) is 185 Å². The molecule has 5 N–H and O–H groups in total. The quantitative estimate of drug-likeness (QED) is 0.114. The van der Waals surface area contributed by atoms with E-state index in [2.05, 4.69) is 10.6 Å². The molecular formula is C28H45N3O10. The zero-order chi connectivity index (χ0) is 30.5. The van der Waals surface area contributed by atoms with Crippen LogP contribution in [0.15, 0.2) is 24.3 Å². The second kappa shape index (κ2) is 20.6. The number of carbonyl (C=O) groups is 4. The molecule has 0 spiro atoms. The fourth-order valence-electron chi connectivity index (χ4n) is 3.27. The number of unbranched alkanes of at least 4 members (excludes halogenated alkanes) is 1. The van der Waals surface area contributed by atoms with E-state index in [1.807, 2.05) is 0 Å². The Balaban J connectivity index is 2.35. The van der Waals surface area contributed by atoms with Crippen molar-refractivity contribution in [2.24, 2.45) is 5.73 Å². The van der Waals surface area contributed by atoms with Gasteiger partial charge in [0.1, 0.15) is 24.0 Å². The minimum atomic E-state index is -0.905. The zero-order valence-electron chi connectivity index (χ0n) is 24.3. The van der Waals surface area contributed by atoms with Crippen molar-refractivity contribution in [2.75, 3.05) is 59.3 Å². The minimum Gasteiger partial charge on any atom is -0.491 e. The van der Waals surface area contributed by atoms with Crippen LogP contribution in [0, 0.1) is 0 Å². The smallest absolute Gasteiger partial charge is 0.329 e. The van der Waals surface area contributed by atoms with Crippen LogP contribution in [-0.2, 0) is 33.3 Å². The van der Waals surface area contributed by atoms with Gasteiger partial charge in [-0.1, -0.05) is 6.07 Å². The predicted molar refractivity (Wildman–Crippen MR) is 150 cm³/mol. The van der Waals surface area contributed by atoms with E-state index in [9.17, 15) is 19.2 Å². The van der Waals surface area contributed by atoms with Gasteiger partial charge in [0.15, 0.2) is 0 Å². The maximum atomic E-state index is 12.6. The van der Waals surface area contributed by atoms with Gasteiger partial charge in [-0.3, -0.25) is 14.4 Å². The van der Waals surface area contributed by atoms with Crippen molar-refractivity contribution >= 4 is 23.8 Å². The molecule has 0 aliphatic rings. The lowest BCUT2D eigenvalue weighted by atomic mass is 10.1. The summed E-state index contributed by atoms with van der Waals surface area (Å²) in [6.07, 6.45) is 1.69. The molecule has 0 heterocycles. The molecule has 1 rings (SSSR count). The summed E-state index contributed by atoms with van der Waals surface area (Å²) in [6.45, 7) is 7.48. The van der Waals surface area contributed by atoms with Crippen LogP contribution in [-0.4, -0.2) is 99.8 Å². The lowest BCUT2D eigenvalue weighted by Gasteiger charge is -2.24. The van der Waals surface area contributed by atoms with Crippen LogP contribution in [0.3, 0.4) is 0 Å². The number of carbonyl (C=O) groups excluding carboxylic acids is 3. The van der Waals surface area contributed by atoms with Gasteiger partial charge in [-0.25, -0.2) is 4.79 Å². The van der Waals surface area contributed by atoms with Crippen molar-refractivity contribution in [1.29, 1.82) is 0 Å². The average Bonchev–Trinajstić information content (AvgIpc) is 2.91. The summed E-state index contributed by atoms with van der Waals surface area (Å²) in [4.78, 5) is 47.9. The van der Waals surface area contributed by atoms with E-state index in [1.165, 1.54) is 0 Å². The van der Waals surface area contributed by atoms with Gasteiger partial charge < -0.3 is 45.2 Å². The van der Waals surface area contributed by atoms with Crippen LogP contribution in [0.1, 0.15) is 56.8 Å². The van der Waals surface area contributed by atoms with E-state index in [0.29, 0.717) is 70.2 Å². The third kappa shape index (κ3) is 18.7. The van der Waals surface area contributed by atoms with Gasteiger partial charge in [-0.05, 0) is 64.8 Å². The first-order valence-electron chi connectivity index (χ1n) is 13.7. The zero-order valence-corrected chi connectivity index (χ0v) is 24.3. The van der Waals surface area contributed by atoms with Crippen molar-refractivity contribution in [1.82, 2.24) is 10.6 Å². The first-order valence-corrected chi connectivity index (χ1v) is 13.7. The van der Waals surface area contributed by atoms with Crippen molar-refractivity contribution in [3.63, 3.8) is 0 Å². The first kappa shape index (κ1) is 35.8. The number of ether oxygens (including phenoxy) is 5. The second-order valence-corrected chi connectivity index (χ2v) is 9.98. The van der Waals surface area contributed by atoms with Gasteiger partial charge in [0, 0.05) is 5.56 Å². The van der Waals surface area contributed by atoms with Crippen molar-refractivity contribution in [2.45, 2.75) is 58.1 Å². The summed E-state index contributed by atoms with van der Waals surface area (Å²) in [5, 5.41) is 13.7. The van der Waals surface area contributed by atoms with E-state index < -0.39 is 35.4 Å². The third-order valence-electron chi connectivity index (χ3n) is 5.18. The van der Waals surface area contributed by atoms with E-state index in [1.54, 1.807) is 45.0 Å². The van der Waals surface area contributed by atoms with Gasteiger partial charge in [0.25, 0.3) is 5.91 Å². The molecule has 0 saturated carbocycles. The van der Waals surface area contributed by atoms with Crippen LogP contribution in [0.4, 0.5) is 0 Å². The Morgan fingerprint density at radius 2 is 1.56 bits per heavy atom. The molecule has 0 unspecified atom stereocenters. The number of aliphatic carboxylic acids is 1. The van der Waals surface area contributed by atoms with Crippen LogP contribution >= 0.6 is 0 Å². The van der Waals surface area contributed by atoms with Gasteiger partial charge in [-0.2, -0.15) is 0 Å². The molecule has 1 atom stereocenters. The molecule has 1 aromatic carbocycles. The van der Waals surface area contributed by atoms with E-state index >= 15 is 0 Å². The molecule has 2 amide bonds. The van der Waals surface area contributed by atoms with Crippen molar-refractivity contribution < 1.29 is 48.0 Å². The molecule has 0 saturated heterocycles. The highest BCUT2D eigenvalue weighted by Crippen LogP contribution is 2.14. The highest BCUT2D eigenvalue weighted by Gasteiger charge is 2.26. The normalized spacial score (nSPS) is 11.9. The summed E-state index contributed by atoms with van der Waals surface area (Å²) in [5.41, 5.74) is 5.14. The summed E-state index contributed by atoms with van der Waals surface area (Å²) in [7, 11) is 0. The summed E-state index contributed by atoms with van der Waals surface area (Å²) in [5.74, 6) is -1.96. The maximum Gasteiger partial charge on any atom is 0.329 e. The Bertz CT molecular complexity index is 936. The molecule has 41 heavy (non-hydrogen) atoms. The van der Waals surface area contributed by atoms with Crippen LogP contribution in [0.25, 0.3) is 0 Å². The number of hydrogen-bond donors (Lipinski definition) is 4. The Morgan fingerprint density at radius 1 is 0.927 bits per heavy atom. The third-order valence-corrected chi connectivity index (χ3v) is 5.18. The molecular weight excluding hydrogens is 538 g/mol. The molecule has 0 bridgehead atoms. The number of nitrogens with two attached hydrogens (primary N) is 1. The van der Waals surface area contributed by atoms with Gasteiger partial charge in [0.2, 0.25) is 5.91 Å². The van der Waals surface area contributed by atoms with Crippen LogP contribution < -0.4 is 21.1 Å². The van der Waals surface area contributed by atoms with Crippen molar-refractivity contribution in [3.8, 4) is 5.75 Å². The Kier molecular flexibility index (Phi) is 18.0. The number of esters is 1. The number of carboxylic acid groups (broad SMARTS) is 1. The molecule has 0 fully saturated rings. The minimum absolute atomic E-state index is 0.0398. The lowest BCUT2D eigenvalue weighted by Crippen LogP contribution is -2.47. The summed E-state index contributed by atoms with van der Waals surface area (Å²) >= 11 is 0. The standard InChI is InChI=1S/C28H45N3O10/c1-28(2,3)41-27(36)23(9-4-5-11-29)31-24(32)20-30-26(35)21-7-6-8-22(19-21)40-18-17-39-16-15-38-14-13-37-12-10-25(33)34/h6-8,19,23H,4-5,9-18,20,29H2,1-3H3,(H,30,35)(H,31,32)(H,33,34)/t23-/m0/s1. The monoisotopic (exact) mass is 583 g/mol. The first-order chi connectivity index (χ1) is 19.5. The molecule has 1 aromatic rings. The van der Waals surface area contributed by atoms with Crippen LogP contribution in [0.5, 0.6) is 5.75 Å². The molecule has 232 valence electrons. The van der Waals surface area contributed by atoms with Crippen LogP contribution in [0.2, 0.25) is 0 Å². The SMILES string of the molecule is CC(C)(C)OC(=O)[C@H](CCCCN)NC(=O)CNC(=O)c1cccc(OCCOCCOCCOCCC(=O)O)c1. The number of nitrogens with one attached hydrogen (secondary N) is 2. The summed E-state index contributed by atoms with van der Waals surface area (Å²) in [6, 6.07) is 5.67. The molecule has 0 aromatic heterocycles. The number of benzene rings is 1. The lowest BCUT2D eigenvalue weighted by molar-refractivity contribution is -0.158. The molecule has 13 heteroatoms. The fraction of sp³-hybridized carbons (Fsp3) is 0.643.